The minimum atomic E-state index is 0.318. The van der Waals surface area contributed by atoms with Crippen molar-refractivity contribution in [2.45, 2.75) is 40.0 Å². The predicted molar refractivity (Wildman–Crippen MR) is 76.4 cm³/mol. The van der Waals surface area contributed by atoms with Crippen LogP contribution in [0.25, 0.3) is 10.8 Å². The molecular formula is C17H22. The fourth-order valence-corrected chi connectivity index (χ4v) is 2.85. The van der Waals surface area contributed by atoms with E-state index in [0.717, 1.165) is 0 Å². The molecular weight excluding hydrogens is 204 g/mol. The van der Waals surface area contributed by atoms with Gasteiger partial charge in [-0.1, -0.05) is 70.2 Å². The third-order valence-corrected chi connectivity index (χ3v) is 3.65. The molecule has 1 unspecified atom stereocenters. The van der Waals surface area contributed by atoms with Crippen LogP contribution in [0.1, 0.15) is 45.6 Å². The van der Waals surface area contributed by atoms with Gasteiger partial charge in [-0.3, -0.25) is 0 Å². The predicted octanol–water partition coefficient (Wildman–Crippen LogP) is 5.38. The third-order valence-electron chi connectivity index (χ3n) is 3.65. The smallest absolute Gasteiger partial charge is 0.0110 e. The monoisotopic (exact) mass is 226 g/mol. The molecule has 2 rings (SSSR count). The fourth-order valence-electron chi connectivity index (χ4n) is 2.85. The lowest BCUT2D eigenvalue weighted by molar-refractivity contribution is 0.314. The van der Waals surface area contributed by atoms with E-state index in [9.17, 15) is 0 Å². The van der Waals surface area contributed by atoms with Crippen molar-refractivity contribution in [2.75, 3.05) is 0 Å². The van der Waals surface area contributed by atoms with Gasteiger partial charge in [0.05, 0.1) is 0 Å². The SMILES string of the molecule is CCC(c1cccc2ccccc12)C(C)(C)C. The van der Waals surface area contributed by atoms with E-state index in [1.165, 1.54) is 22.8 Å². The van der Waals surface area contributed by atoms with Gasteiger partial charge < -0.3 is 0 Å². The van der Waals surface area contributed by atoms with E-state index >= 15 is 0 Å². The summed E-state index contributed by atoms with van der Waals surface area (Å²) in [5, 5.41) is 2.77. The Morgan fingerprint density at radius 3 is 2.24 bits per heavy atom. The van der Waals surface area contributed by atoms with Crippen molar-refractivity contribution in [1.82, 2.24) is 0 Å². The molecule has 0 spiro atoms. The van der Waals surface area contributed by atoms with Gasteiger partial charge in [0.1, 0.15) is 0 Å². The van der Waals surface area contributed by atoms with Crippen molar-refractivity contribution < 1.29 is 0 Å². The molecule has 0 aliphatic rings. The Morgan fingerprint density at radius 2 is 1.59 bits per heavy atom. The van der Waals surface area contributed by atoms with E-state index in [-0.39, 0.29) is 0 Å². The molecule has 0 heterocycles. The van der Waals surface area contributed by atoms with Crippen molar-refractivity contribution in [3.63, 3.8) is 0 Å². The molecule has 0 saturated heterocycles. The summed E-state index contributed by atoms with van der Waals surface area (Å²) < 4.78 is 0. The lowest BCUT2D eigenvalue weighted by Crippen LogP contribution is -2.17. The first-order valence-electron chi connectivity index (χ1n) is 6.51. The van der Waals surface area contributed by atoms with Crippen LogP contribution in [0.15, 0.2) is 42.5 Å². The second-order valence-electron chi connectivity index (χ2n) is 5.90. The highest BCUT2D eigenvalue weighted by Gasteiger charge is 2.25. The summed E-state index contributed by atoms with van der Waals surface area (Å²) in [4.78, 5) is 0. The Balaban J connectivity index is 2.62. The Morgan fingerprint density at radius 1 is 0.941 bits per heavy atom. The van der Waals surface area contributed by atoms with E-state index in [1.54, 1.807) is 0 Å². The van der Waals surface area contributed by atoms with Gasteiger partial charge in [0.25, 0.3) is 0 Å². The quantitative estimate of drug-likeness (QED) is 0.645. The van der Waals surface area contributed by atoms with Gasteiger partial charge in [0, 0.05) is 0 Å². The van der Waals surface area contributed by atoms with Crippen molar-refractivity contribution in [2.24, 2.45) is 5.41 Å². The fraction of sp³-hybridized carbons (Fsp3) is 0.412. The number of fused-ring (bicyclic) bond motifs is 1. The van der Waals surface area contributed by atoms with Crippen LogP contribution in [0.3, 0.4) is 0 Å². The second kappa shape index (κ2) is 4.52. The lowest BCUT2D eigenvalue weighted by Gasteiger charge is -2.31. The van der Waals surface area contributed by atoms with Crippen LogP contribution in [0.5, 0.6) is 0 Å². The van der Waals surface area contributed by atoms with Gasteiger partial charge >= 0.3 is 0 Å². The van der Waals surface area contributed by atoms with Gasteiger partial charge in [0.2, 0.25) is 0 Å². The number of hydrogen-bond acceptors (Lipinski definition) is 0. The van der Waals surface area contributed by atoms with Crippen LogP contribution in [-0.2, 0) is 0 Å². The average molecular weight is 226 g/mol. The average Bonchev–Trinajstić information content (AvgIpc) is 2.28. The highest BCUT2D eigenvalue weighted by Crippen LogP contribution is 2.40. The summed E-state index contributed by atoms with van der Waals surface area (Å²) in [6, 6.07) is 15.4. The molecule has 0 bridgehead atoms. The Kier molecular flexibility index (Phi) is 3.24. The molecule has 0 N–H and O–H groups in total. The second-order valence-corrected chi connectivity index (χ2v) is 5.90. The number of rotatable bonds is 2. The minimum Gasteiger partial charge on any atom is -0.0648 e. The Labute approximate surface area is 105 Å². The van der Waals surface area contributed by atoms with Gasteiger partial charge in [-0.15, -0.1) is 0 Å². The van der Waals surface area contributed by atoms with Crippen LogP contribution in [-0.4, -0.2) is 0 Å². The van der Waals surface area contributed by atoms with Gasteiger partial charge in [-0.05, 0) is 34.1 Å². The normalized spacial score (nSPS) is 13.9. The van der Waals surface area contributed by atoms with E-state index < -0.39 is 0 Å². The summed E-state index contributed by atoms with van der Waals surface area (Å²) in [5.41, 5.74) is 1.82. The summed E-state index contributed by atoms with van der Waals surface area (Å²) in [6.45, 7) is 9.30. The van der Waals surface area contributed by atoms with E-state index in [2.05, 4.69) is 70.2 Å². The van der Waals surface area contributed by atoms with Crippen molar-refractivity contribution >= 4 is 10.8 Å². The molecule has 0 amide bonds. The highest BCUT2D eigenvalue weighted by molar-refractivity contribution is 5.86. The van der Waals surface area contributed by atoms with Crippen LogP contribution >= 0.6 is 0 Å². The first-order chi connectivity index (χ1) is 8.04. The zero-order valence-corrected chi connectivity index (χ0v) is 11.3. The molecule has 0 aliphatic heterocycles. The molecule has 2 aromatic carbocycles. The summed E-state index contributed by atoms with van der Waals surface area (Å²) >= 11 is 0. The van der Waals surface area contributed by atoms with Gasteiger partial charge in [-0.2, -0.15) is 0 Å². The molecule has 0 aliphatic carbocycles. The molecule has 0 aromatic heterocycles. The topological polar surface area (TPSA) is 0 Å². The van der Waals surface area contributed by atoms with E-state index in [0.29, 0.717) is 11.3 Å². The lowest BCUT2D eigenvalue weighted by atomic mass is 9.74. The van der Waals surface area contributed by atoms with Gasteiger partial charge in [0.15, 0.2) is 0 Å². The molecule has 2 aromatic rings. The molecule has 1 atom stereocenters. The summed E-state index contributed by atoms with van der Waals surface area (Å²) in [5.74, 6) is 0.619. The molecule has 0 fully saturated rings. The van der Waals surface area contributed by atoms with Gasteiger partial charge in [-0.25, -0.2) is 0 Å². The van der Waals surface area contributed by atoms with Crippen LogP contribution in [0.4, 0.5) is 0 Å². The van der Waals surface area contributed by atoms with Crippen molar-refractivity contribution in [3.05, 3.63) is 48.0 Å². The first kappa shape index (κ1) is 12.2. The first-order valence-corrected chi connectivity index (χ1v) is 6.51. The Bertz CT molecular complexity index is 497. The minimum absolute atomic E-state index is 0.318. The van der Waals surface area contributed by atoms with Crippen LogP contribution in [0.2, 0.25) is 0 Å². The largest absolute Gasteiger partial charge is 0.0648 e. The molecule has 0 saturated carbocycles. The van der Waals surface area contributed by atoms with Crippen molar-refractivity contribution in [1.29, 1.82) is 0 Å². The molecule has 0 radical (unpaired) electrons. The molecule has 90 valence electrons. The van der Waals surface area contributed by atoms with Crippen molar-refractivity contribution in [3.8, 4) is 0 Å². The molecule has 17 heavy (non-hydrogen) atoms. The zero-order chi connectivity index (χ0) is 12.5. The maximum Gasteiger partial charge on any atom is -0.0110 e. The van der Waals surface area contributed by atoms with E-state index in [1.807, 2.05) is 0 Å². The number of hydrogen-bond donors (Lipinski definition) is 0. The summed E-state index contributed by atoms with van der Waals surface area (Å²) in [6.07, 6.45) is 1.19. The zero-order valence-electron chi connectivity index (χ0n) is 11.3. The maximum absolute atomic E-state index is 2.34. The standard InChI is InChI=1S/C17H22/c1-5-16(17(2,3)4)15-12-8-10-13-9-6-7-11-14(13)15/h6-12,16H,5H2,1-4H3. The summed E-state index contributed by atoms with van der Waals surface area (Å²) in [7, 11) is 0. The molecule has 0 heteroatoms. The van der Waals surface area contributed by atoms with Crippen LogP contribution in [0, 0.1) is 5.41 Å². The highest BCUT2D eigenvalue weighted by atomic mass is 14.3. The van der Waals surface area contributed by atoms with Crippen LogP contribution < -0.4 is 0 Å². The third kappa shape index (κ3) is 2.36. The van der Waals surface area contributed by atoms with E-state index in [4.69, 9.17) is 0 Å². The number of benzene rings is 2. The molecule has 0 nitrogen and oxygen atoms in total. The maximum atomic E-state index is 2.34. The Hall–Kier alpha value is -1.30.